The van der Waals surface area contributed by atoms with Gasteiger partial charge in [0.2, 0.25) is 0 Å². The van der Waals surface area contributed by atoms with Gasteiger partial charge in [0.25, 0.3) is 0 Å². The first-order chi connectivity index (χ1) is 8.15. The molecule has 0 aromatic heterocycles. The quantitative estimate of drug-likeness (QED) is 0.845. The SMILES string of the molecule is CCOc1ccc(C2(O)CCCNC2)cc1F. The summed E-state index contributed by atoms with van der Waals surface area (Å²) in [5, 5.41) is 13.5. The molecule has 0 radical (unpaired) electrons. The molecule has 0 aliphatic carbocycles. The first-order valence-corrected chi connectivity index (χ1v) is 6.01. The van der Waals surface area contributed by atoms with E-state index in [9.17, 15) is 9.50 Å². The van der Waals surface area contributed by atoms with Crippen molar-refractivity contribution in [2.24, 2.45) is 0 Å². The van der Waals surface area contributed by atoms with Crippen molar-refractivity contribution < 1.29 is 14.2 Å². The maximum Gasteiger partial charge on any atom is 0.165 e. The summed E-state index contributed by atoms with van der Waals surface area (Å²) in [5.74, 6) is -0.174. The zero-order valence-electron chi connectivity index (χ0n) is 10.0. The highest BCUT2D eigenvalue weighted by molar-refractivity contribution is 5.33. The van der Waals surface area contributed by atoms with Crippen molar-refractivity contribution in [3.63, 3.8) is 0 Å². The van der Waals surface area contributed by atoms with Gasteiger partial charge in [-0.05, 0) is 44.0 Å². The van der Waals surface area contributed by atoms with Crippen molar-refractivity contribution in [3.05, 3.63) is 29.6 Å². The fraction of sp³-hybridized carbons (Fsp3) is 0.538. The van der Waals surface area contributed by atoms with Crippen LogP contribution in [0.3, 0.4) is 0 Å². The molecule has 4 heteroatoms. The van der Waals surface area contributed by atoms with Crippen LogP contribution in [0.4, 0.5) is 4.39 Å². The standard InChI is InChI=1S/C13H18FNO2/c1-2-17-12-5-4-10(8-11(12)14)13(16)6-3-7-15-9-13/h4-5,8,15-16H,2-3,6-7,9H2,1H3. The molecule has 1 atom stereocenters. The van der Waals surface area contributed by atoms with E-state index >= 15 is 0 Å². The van der Waals surface area contributed by atoms with E-state index in [2.05, 4.69) is 5.32 Å². The minimum absolute atomic E-state index is 0.239. The minimum Gasteiger partial charge on any atom is -0.491 e. The average Bonchev–Trinajstić information content (AvgIpc) is 2.33. The number of rotatable bonds is 3. The van der Waals surface area contributed by atoms with Crippen LogP contribution >= 0.6 is 0 Å². The zero-order chi connectivity index (χ0) is 12.3. The van der Waals surface area contributed by atoms with Crippen molar-refractivity contribution in [1.29, 1.82) is 0 Å². The van der Waals surface area contributed by atoms with Crippen LogP contribution in [0, 0.1) is 5.82 Å². The highest BCUT2D eigenvalue weighted by Crippen LogP contribution is 2.31. The molecule has 1 aliphatic rings. The van der Waals surface area contributed by atoms with Crippen molar-refractivity contribution in [2.75, 3.05) is 19.7 Å². The second kappa shape index (κ2) is 5.02. The van der Waals surface area contributed by atoms with Gasteiger partial charge in [0.15, 0.2) is 11.6 Å². The van der Waals surface area contributed by atoms with Gasteiger partial charge in [-0.25, -0.2) is 4.39 Å². The Morgan fingerprint density at radius 1 is 1.53 bits per heavy atom. The molecule has 0 spiro atoms. The molecule has 1 aliphatic heterocycles. The number of benzene rings is 1. The molecule has 1 saturated heterocycles. The van der Waals surface area contributed by atoms with E-state index in [-0.39, 0.29) is 5.75 Å². The lowest BCUT2D eigenvalue weighted by Crippen LogP contribution is -2.43. The summed E-state index contributed by atoms with van der Waals surface area (Å²) in [4.78, 5) is 0. The molecular formula is C13H18FNO2. The molecule has 0 amide bonds. The predicted octanol–water partition coefficient (Wildman–Crippen LogP) is 1.80. The zero-order valence-corrected chi connectivity index (χ0v) is 10.0. The van der Waals surface area contributed by atoms with Gasteiger partial charge >= 0.3 is 0 Å². The second-order valence-electron chi connectivity index (χ2n) is 4.39. The first kappa shape index (κ1) is 12.3. The molecule has 0 saturated carbocycles. The Labute approximate surface area is 101 Å². The van der Waals surface area contributed by atoms with Crippen LogP contribution in [0.25, 0.3) is 0 Å². The molecule has 0 bridgehead atoms. The molecule has 2 rings (SSSR count). The van der Waals surface area contributed by atoms with Crippen molar-refractivity contribution in [3.8, 4) is 5.75 Å². The Morgan fingerprint density at radius 3 is 2.94 bits per heavy atom. The summed E-state index contributed by atoms with van der Waals surface area (Å²) in [6.45, 7) is 3.62. The number of piperidine rings is 1. The summed E-state index contributed by atoms with van der Waals surface area (Å²) in [6.07, 6.45) is 1.55. The lowest BCUT2D eigenvalue weighted by molar-refractivity contribution is 0.0120. The molecule has 17 heavy (non-hydrogen) atoms. The van der Waals surface area contributed by atoms with Crippen molar-refractivity contribution in [1.82, 2.24) is 5.32 Å². The van der Waals surface area contributed by atoms with Crippen molar-refractivity contribution >= 4 is 0 Å². The van der Waals surface area contributed by atoms with E-state index in [4.69, 9.17) is 4.74 Å². The maximum atomic E-state index is 13.7. The van der Waals surface area contributed by atoms with Crippen molar-refractivity contribution in [2.45, 2.75) is 25.4 Å². The summed E-state index contributed by atoms with van der Waals surface area (Å²) in [5.41, 5.74) is -0.338. The third-order valence-electron chi connectivity index (χ3n) is 3.13. The Balaban J connectivity index is 2.24. The normalized spacial score (nSPS) is 24.6. The van der Waals surface area contributed by atoms with E-state index in [1.165, 1.54) is 6.07 Å². The number of aliphatic hydroxyl groups is 1. The monoisotopic (exact) mass is 239 g/mol. The van der Waals surface area contributed by atoms with Crippen LogP contribution in [-0.4, -0.2) is 24.8 Å². The number of ether oxygens (including phenoxy) is 1. The topological polar surface area (TPSA) is 41.5 Å². The van der Waals surface area contributed by atoms with Crippen LogP contribution < -0.4 is 10.1 Å². The lowest BCUT2D eigenvalue weighted by atomic mass is 9.86. The van der Waals surface area contributed by atoms with Crippen LogP contribution in [0.15, 0.2) is 18.2 Å². The fourth-order valence-corrected chi connectivity index (χ4v) is 2.20. The fourth-order valence-electron chi connectivity index (χ4n) is 2.20. The molecule has 1 fully saturated rings. The Morgan fingerprint density at radius 2 is 2.35 bits per heavy atom. The largest absolute Gasteiger partial charge is 0.491 e. The maximum absolute atomic E-state index is 13.7. The highest BCUT2D eigenvalue weighted by Gasteiger charge is 2.31. The van der Waals surface area contributed by atoms with Gasteiger partial charge in [-0.2, -0.15) is 0 Å². The van der Waals surface area contributed by atoms with Gasteiger partial charge in [0.1, 0.15) is 5.60 Å². The summed E-state index contributed by atoms with van der Waals surface area (Å²) in [7, 11) is 0. The summed E-state index contributed by atoms with van der Waals surface area (Å²) >= 11 is 0. The average molecular weight is 239 g/mol. The second-order valence-corrected chi connectivity index (χ2v) is 4.39. The summed E-state index contributed by atoms with van der Waals surface area (Å²) < 4.78 is 18.8. The van der Waals surface area contributed by atoms with Gasteiger partial charge in [0.05, 0.1) is 6.61 Å². The minimum atomic E-state index is -0.955. The Hall–Kier alpha value is -1.13. The van der Waals surface area contributed by atoms with Crippen LogP contribution in [-0.2, 0) is 5.60 Å². The number of nitrogens with one attached hydrogen (secondary N) is 1. The molecule has 1 aromatic carbocycles. The number of hydrogen-bond donors (Lipinski definition) is 2. The molecule has 2 N–H and O–H groups in total. The third-order valence-corrected chi connectivity index (χ3v) is 3.13. The van der Waals surface area contributed by atoms with E-state index in [0.29, 0.717) is 25.1 Å². The van der Waals surface area contributed by atoms with Crippen LogP contribution in [0.2, 0.25) is 0 Å². The van der Waals surface area contributed by atoms with Crippen LogP contribution in [0.5, 0.6) is 5.75 Å². The van der Waals surface area contributed by atoms with Gasteiger partial charge in [-0.15, -0.1) is 0 Å². The molecule has 1 unspecified atom stereocenters. The van der Waals surface area contributed by atoms with Gasteiger partial charge in [-0.3, -0.25) is 0 Å². The van der Waals surface area contributed by atoms with Gasteiger partial charge in [0, 0.05) is 6.54 Å². The molecule has 3 nitrogen and oxygen atoms in total. The summed E-state index contributed by atoms with van der Waals surface area (Å²) in [6, 6.07) is 4.69. The van der Waals surface area contributed by atoms with E-state index in [1.54, 1.807) is 12.1 Å². The number of halogens is 1. The van der Waals surface area contributed by atoms with Gasteiger partial charge < -0.3 is 15.2 Å². The highest BCUT2D eigenvalue weighted by atomic mass is 19.1. The van der Waals surface area contributed by atoms with Gasteiger partial charge in [-0.1, -0.05) is 6.07 Å². The molecule has 94 valence electrons. The Kier molecular flexibility index (Phi) is 3.64. The number of hydrogen-bond acceptors (Lipinski definition) is 3. The Bertz CT molecular complexity index is 389. The predicted molar refractivity (Wildman–Crippen MR) is 63.6 cm³/mol. The third kappa shape index (κ3) is 2.58. The smallest absolute Gasteiger partial charge is 0.165 e. The molecule has 1 aromatic rings. The molecule has 1 heterocycles. The van der Waals surface area contributed by atoms with E-state index in [0.717, 1.165) is 13.0 Å². The van der Waals surface area contributed by atoms with E-state index < -0.39 is 11.4 Å². The molecular weight excluding hydrogens is 221 g/mol. The van der Waals surface area contributed by atoms with E-state index in [1.807, 2.05) is 6.92 Å². The van der Waals surface area contributed by atoms with Crippen LogP contribution in [0.1, 0.15) is 25.3 Å². The number of β-amino-alcohol motifs (C(OH)–C–C–N with tert-alkyl or cyclic N) is 1. The lowest BCUT2D eigenvalue weighted by Gasteiger charge is -2.33. The first-order valence-electron chi connectivity index (χ1n) is 6.01.